The molecule has 2 N–H and O–H groups in total. The highest BCUT2D eigenvalue weighted by molar-refractivity contribution is 5.72. The van der Waals surface area contributed by atoms with E-state index in [4.69, 9.17) is 9.47 Å². The van der Waals surface area contributed by atoms with E-state index in [0.717, 1.165) is 12.8 Å². The fourth-order valence-electron chi connectivity index (χ4n) is 3.22. The Morgan fingerprint density at radius 2 is 2.27 bits per heavy atom. The lowest BCUT2D eigenvalue weighted by Crippen LogP contribution is -2.28. The average molecular weight is 361 g/mol. The van der Waals surface area contributed by atoms with Gasteiger partial charge in [-0.1, -0.05) is 0 Å². The Morgan fingerprint density at radius 3 is 3.00 bits per heavy atom. The third-order valence-electron chi connectivity index (χ3n) is 4.61. The van der Waals surface area contributed by atoms with Gasteiger partial charge in [0.15, 0.2) is 11.5 Å². The molecule has 0 bridgehead atoms. The minimum atomic E-state index is -0.501. The molecule has 3 aromatic heterocycles. The van der Waals surface area contributed by atoms with Gasteiger partial charge in [-0.15, -0.1) is 5.10 Å². The van der Waals surface area contributed by atoms with Crippen LogP contribution >= 0.6 is 0 Å². The van der Waals surface area contributed by atoms with Crippen molar-refractivity contribution in [2.24, 2.45) is 5.92 Å². The summed E-state index contributed by atoms with van der Waals surface area (Å²) < 4.78 is 25.9. The summed E-state index contributed by atoms with van der Waals surface area (Å²) >= 11 is 0. The van der Waals surface area contributed by atoms with E-state index in [9.17, 15) is 4.39 Å². The molecule has 4 rings (SSSR count). The van der Waals surface area contributed by atoms with Crippen LogP contribution in [0.3, 0.4) is 0 Å². The van der Waals surface area contributed by atoms with Gasteiger partial charge in [0, 0.05) is 19.3 Å². The van der Waals surface area contributed by atoms with Crippen LogP contribution in [0.15, 0.2) is 18.5 Å². The molecule has 1 fully saturated rings. The first-order chi connectivity index (χ1) is 12.8. The molecule has 0 saturated carbocycles. The van der Waals surface area contributed by atoms with Crippen molar-refractivity contribution in [2.75, 3.05) is 32.3 Å². The van der Waals surface area contributed by atoms with Crippen molar-refractivity contribution in [1.82, 2.24) is 29.9 Å². The third-order valence-corrected chi connectivity index (χ3v) is 4.61. The third kappa shape index (κ3) is 3.19. The SMILES string of the molecule is COc1cc(Nc2cnc3cnn(C(CF)C4CCOCC4)c3n2)[nH]n1. The van der Waals surface area contributed by atoms with Gasteiger partial charge in [-0.25, -0.2) is 19.0 Å². The number of hydrogen-bond acceptors (Lipinski definition) is 7. The number of ether oxygens (including phenoxy) is 2. The number of halogens is 1. The Bertz CT molecular complexity index is 874. The minimum absolute atomic E-state index is 0.173. The second-order valence-electron chi connectivity index (χ2n) is 6.17. The second-order valence-corrected chi connectivity index (χ2v) is 6.17. The van der Waals surface area contributed by atoms with Gasteiger partial charge in [-0.3, -0.25) is 5.10 Å². The Labute approximate surface area is 148 Å². The minimum Gasteiger partial charge on any atom is -0.480 e. The molecule has 1 aliphatic rings. The monoisotopic (exact) mass is 361 g/mol. The van der Waals surface area contributed by atoms with Gasteiger partial charge in [0.1, 0.15) is 18.0 Å². The fraction of sp³-hybridized carbons (Fsp3) is 0.500. The Morgan fingerprint density at radius 1 is 1.42 bits per heavy atom. The molecule has 9 nitrogen and oxygen atoms in total. The van der Waals surface area contributed by atoms with Crippen LogP contribution in [0.4, 0.5) is 16.0 Å². The van der Waals surface area contributed by atoms with E-state index >= 15 is 0 Å². The molecule has 3 aromatic rings. The summed E-state index contributed by atoms with van der Waals surface area (Å²) in [7, 11) is 1.54. The van der Waals surface area contributed by atoms with Crippen molar-refractivity contribution in [1.29, 1.82) is 0 Å². The number of hydrogen-bond donors (Lipinski definition) is 2. The second kappa shape index (κ2) is 7.24. The zero-order valence-electron chi connectivity index (χ0n) is 14.4. The number of fused-ring (bicyclic) bond motifs is 1. The molecule has 4 heterocycles. The van der Waals surface area contributed by atoms with Crippen LogP contribution in [0.5, 0.6) is 5.88 Å². The number of nitrogens with one attached hydrogen (secondary N) is 2. The van der Waals surface area contributed by atoms with Gasteiger partial charge in [0.05, 0.1) is 25.5 Å². The van der Waals surface area contributed by atoms with E-state index in [0.29, 0.717) is 41.9 Å². The van der Waals surface area contributed by atoms with Crippen LogP contribution in [0, 0.1) is 5.92 Å². The predicted octanol–water partition coefficient (Wildman–Crippen LogP) is 2.24. The zero-order valence-corrected chi connectivity index (χ0v) is 14.4. The Balaban J connectivity index is 1.63. The van der Waals surface area contributed by atoms with Crippen molar-refractivity contribution in [2.45, 2.75) is 18.9 Å². The summed E-state index contributed by atoms with van der Waals surface area (Å²) in [6, 6.07) is 1.34. The van der Waals surface area contributed by atoms with E-state index in [1.807, 2.05) is 0 Å². The molecule has 0 spiro atoms. The average Bonchev–Trinajstić information content (AvgIpc) is 3.30. The lowest BCUT2D eigenvalue weighted by molar-refractivity contribution is 0.0425. The number of aromatic amines is 1. The van der Waals surface area contributed by atoms with Gasteiger partial charge in [-0.05, 0) is 18.8 Å². The van der Waals surface area contributed by atoms with Crippen molar-refractivity contribution in [3.63, 3.8) is 0 Å². The van der Waals surface area contributed by atoms with E-state index in [-0.39, 0.29) is 12.0 Å². The number of aromatic nitrogens is 6. The van der Waals surface area contributed by atoms with Crippen LogP contribution in [-0.4, -0.2) is 56.9 Å². The summed E-state index contributed by atoms with van der Waals surface area (Å²) in [5, 5.41) is 14.2. The van der Waals surface area contributed by atoms with Crippen molar-refractivity contribution in [3.05, 3.63) is 18.5 Å². The molecule has 26 heavy (non-hydrogen) atoms. The topological polar surface area (TPSA) is 103 Å². The van der Waals surface area contributed by atoms with Gasteiger partial charge in [0.2, 0.25) is 5.88 Å². The molecule has 1 aliphatic heterocycles. The highest BCUT2D eigenvalue weighted by atomic mass is 19.1. The number of anilines is 2. The van der Waals surface area contributed by atoms with E-state index in [1.165, 1.54) is 7.11 Å². The largest absolute Gasteiger partial charge is 0.480 e. The summed E-state index contributed by atoms with van der Waals surface area (Å²) in [5.74, 6) is 1.76. The normalized spacial score (nSPS) is 16.7. The highest BCUT2D eigenvalue weighted by Crippen LogP contribution is 2.30. The molecule has 1 saturated heterocycles. The smallest absolute Gasteiger partial charge is 0.234 e. The van der Waals surface area contributed by atoms with Crippen molar-refractivity contribution < 1.29 is 13.9 Å². The fourth-order valence-corrected chi connectivity index (χ4v) is 3.22. The first kappa shape index (κ1) is 16.7. The Hall–Kier alpha value is -2.75. The quantitative estimate of drug-likeness (QED) is 0.694. The highest BCUT2D eigenvalue weighted by Gasteiger charge is 2.28. The molecule has 0 aromatic carbocycles. The van der Waals surface area contributed by atoms with Gasteiger partial charge in [0.25, 0.3) is 0 Å². The van der Waals surface area contributed by atoms with Crippen molar-refractivity contribution in [3.8, 4) is 5.88 Å². The van der Waals surface area contributed by atoms with Crippen molar-refractivity contribution >= 4 is 22.8 Å². The molecular weight excluding hydrogens is 341 g/mol. The number of methoxy groups -OCH3 is 1. The summed E-state index contributed by atoms with van der Waals surface area (Å²) in [6.45, 7) is 0.805. The van der Waals surface area contributed by atoms with E-state index < -0.39 is 6.67 Å². The van der Waals surface area contributed by atoms with E-state index in [1.54, 1.807) is 23.1 Å². The lowest BCUT2D eigenvalue weighted by Gasteiger charge is -2.28. The maximum atomic E-state index is 13.8. The summed E-state index contributed by atoms with van der Waals surface area (Å²) in [6.07, 6.45) is 4.85. The molecule has 1 unspecified atom stereocenters. The number of H-pyrrole nitrogens is 1. The standard InChI is InChI=1S/C16H20FN7O2/c1-25-15-6-13(22-23-15)20-14-9-18-11-8-19-24(16(11)21-14)12(7-17)10-2-4-26-5-3-10/h6,8-10,12H,2-5,7H2,1H3,(H2,20,21,22,23). The number of nitrogens with zero attached hydrogens (tertiary/aromatic N) is 5. The molecule has 0 radical (unpaired) electrons. The van der Waals surface area contributed by atoms with Crippen LogP contribution in [0.25, 0.3) is 11.2 Å². The molecular formula is C16H20FN7O2. The Kier molecular flexibility index (Phi) is 4.65. The summed E-state index contributed by atoms with van der Waals surface area (Å²) in [5.41, 5.74) is 1.18. The molecule has 138 valence electrons. The van der Waals surface area contributed by atoms with Crippen LogP contribution < -0.4 is 10.1 Å². The number of alkyl halides is 1. The molecule has 0 amide bonds. The predicted molar refractivity (Wildman–Crippen MR) is 92.3 cm³/mol. The molecule has 0 aliphatic carbocycles. The van der Waals surface area contributed by atoms with E-state index in [2.05, 4.69) is 30.6 Å². The maximum Gasteiger partial charge on any atom is 0.234 e. The summed E-state index contributed by atoms with van der Waals surface area (Å²) in [4.78, 5) is 8.94. The van der Waals surface area contributed by atoms with Gasteiger partial charge >= 0.3 is 0 Å². The molecule has 10 heteroatoms. The van der Waals surface area contributed by atoms with Crippen LogP contribution in [0.1, 0.15) is 18.9 Å². The maximum absolute atomic E-state index is 13.8. The van der Waals surface area contributed by atoms with Crippen LogP contribution in [0.2, 0.25) is 0 Å². The first-order valence-corrected chi connectivity index (χ1v) is 8.49. The number of rotatable bonds is 6. The van der Waals surface area contributed by atoms with Gasteiger partial charge < -0.3 is 14.8 Å². The molecule has 1 atom stereocenters. The zero-order chi connectivity index (χ0) is 17.9. The van der Waals surface area contributed by atoms with Crippen LogP contribution in [-0.2, 0) is 4.74 Å². The first-order valence-electron chi connectivity index (χ1n) is 8.49. The van der Waals surface area contributed by atoms with Gasteiger partial charge in [-0.2, -0.15) is 5.10 Å². The lowest BCUT2D eigenvalue weighted by atomic mass is 9.92.